The first-order valence-electron chi connectivity index (χ1n) is 12.9. The lowest BCUT2D eigenvalue weighted by Gasteiger charge is -2.35. The van der Waals surface area contributed by atoms with E-state index in [2.05, 4.69) is 61.1 Å². The number of nitrogens with zero attached hydrogens (tertiary/aromatic N) is 1. The number of aryl methyl sites for hydroxylation is 1. The molecule has 0 saturated carbocycles. The first-order valence-corrected chi connectivity index (χ1v) is 12.9. The van der Waals surface area contributed by atoms with Gasteiger partial charge >= 0.3 is 0 Å². The Labute approximate surface area is 217 Å². The largest absolute Gasteiger partial charge is 0.400 e. The molecule has 1 aromatic carbocycles. The standard InChI is InChI=1S/C12H26N2.C7H8.C5H7NO2.C2H5F2N.CH4O/c1-4-11(3)10-12(5-2)14-8-6-13-7-9-14;1-7-5-3-2-4-6-7;7-4-2-1-3-5(8)6-4;1-2(3,4)5;1-2/h11-13H,4-10H2,1-3H3;2-6H,1H3;1-3H2,(H,6,7,8);5H2,1H3;2H,1H3. The van der Waals surface area contributed by atoms with Gasteiger partial charge in [0.15, 0.2) is 0 Å². The summed E-state index contributed by atoms with van der Waals surface area (Å²) in [5.74, 6) is 0.609. The second kappa shape index (κ2) is 22.3. The van der Waals surface area contributed by atoms with Gasteiger partial charge in [-0.05, 0) is 32.1 Å². The van der Waals surface area contributed by atoms with Crippen LogP contribution in [-0.4, -0.2) is 67.2 Å². The van der Waals surface area contributed by atoms with Crippen LogP contribution in [-0.2, 0) is 9.59 Å². The number of carbonyl (C=O) groups excluding carboxylic acids is 2. The minimum atomic E-state index is -3.00. The van der Waals surface area contributed by atoms with E-state index >= 15 is 0 Å². The molecule has 36 heavy (non-hydrogen) atoms. The zero-order valence-electron chi connectivity index (χ0n) is 23.2. The van der Waals surface area contributed by atoms with E-state index in [1.165, 1.54) is 51.0 Å². The number of rotatable bonds is 5. The van der Waals surface area contributed by atoms with E-state index in [9.17, 15) is 18.4 Å². The molecular formula is C27H50F2N4O3. The maximum absolute atomic E-state index is 10.8. The zero-order chi connectivity index (χ0) is 28.0. The summed E-state index contributed by atoms with van der Waals surface area (Å²) in [5.41, 5.74) is 5.34. The van der Waals surface area contributed by atoms with Crippen LogP contribution < -0.4 is 16.4 Å². The topological polar surface area (TPSA) is 108 Å². The van der Waals surface area contributed by atoms with Gasteiger partial charge in [-0.25, -0.2) is 0 Å². The normalized spacial score (nSPS) is 17.2. The number of piperazine rings is 1. The van der Waals surface area contributed by atoms with E-state index in [0.717, 1.165) is 19.1 Å². The maximum Gasteiger partial charge on any atom is 0.297 e. The van der Waals surface area contributed by atoms with Gasteiger partial charge in [0.2, 0.25) is 11.8 Å². The average Bonchev–Trinajstić information content (AvgIpc) is 2.84. The molecule has 3 rings (SSSR count). The van der Waals surface area contributed by atoms with Crippen LogP contribution in [0.4, 0.5) is 8.78 Å². The molecule has 0 radical (unpaired) electrons. The van der Waals surface area contributed by atoms with Crippen LogP contribution in [0.15, 0.2) is 30.3 Å². The van der Waals surface area contributed by atoms with E-state index < -0.39 is 6.05 Å². The highest BCUT2D eigenvalue weighted by Crippen LogP contribution is 2.17. The molecule has 0 spiro atoms. The highest BCUT2D eigenvalue weighted by atomic mass is 19.3. The third-order valence-corrected chi connectivity index (χ3v) is 5.54. The Morgan fingerprint density at radius 2 is 1.50 bits per heavy atom. The molecule has 2 heterocycles. The Morgan fingerprint density at radius 1 is 1.03 bits per heavy atom. The molecule has 210 valence electrons. The number of piperidine rings is 1. The number of hydrogen-bond acceptors (Lipinski definition) is 6. The second-order valence-electron chi connectivity index (χ2n) is 9.03. The van der Waals surface area contributed by atoms with Crippen LogP contribution in [0.5, 0.6) is 0 Å². The van der Waals surface area contributed by atoms with Crippen molar-refractivity contribution in [2.75, 3.05) is 33.3 Å². The lowest BCUT2D eigenvalue weighted by Crippen LogP contribution is -2.48. The van der Waals surface area contributed by atoms with E-state index in [4.69, 9.17) is 5.11 Å². The summed E-state index contributed by atoms with van der Waals surface area (Å²) in [6, 6.07) is 8.09. The van der Waals surface area contributed by atoms with Crippen LogP contribution in [0, 0.1) is 12.8 Å². The van der Waals surface area contributed by atoms with E-state index in [1.54, 1.807) is 0 Å². The molecule has 0 aliphatic carbocycles. The molecule has 2 amide bonds. The molecule has 0 bridgehead atoms. The molecule has 2 saturated heterocycles. The average molecular weight is 517 g/mol. The summed E-state index contributed by atoms with van der Waals surface area (Å²) >= 11 is 0. The number of aliphatic hydroxyl groups excluding tert-OH is 1. The van der Waals surface area contributed by atoms with Gasteiger partial charge in [-0.3, -0.25) is 25.5 Å². The summed E-state index contributed by atoms with van der Waals surface area (Å²) < 4.78 is 21.6. The lowest BCUT2D eigenvalue weighted by atomic mass is 9.96. The Morgan fingerprint density at radius 3 is 1.81 bits per heavy atom. The third-order valence-electron chi connectivity index (χ3n) is 5.54. The van der Waals surface area contributed by atoms with E-state index in [-0.39, 0.29) is 11.8 Å². The summed E-state index contributed by atoms with van der Waals surface area (Å²) in [4.78, 5) is 23.4. The first-order chi connectivity index (χ1) is 17.0. The minimum Gasteiger partial charge on any atom is -0.400 e. The Kier molecular flexibility index (Phi) is 22.4. The van der Waals surface area contributed by atoms with Crippen LogP contribution >= 0.6 is 0 Å². The van der Waals surface area contributed by atoms with E-state index in [0.29, 0.717) is 26.2 Å². The molecule has 9 heteroatoms. The highest BCUT2D eigenvalue weighted by molar-refractivity contribution is 5.97. The molecule has 1 aromatic rings. The molecule has 2 atom stereocenters. The van der Waals surface area contributed by atoms with Crippen molar-refractivity contribution in [1.82, 2.24) is 15.5 Å². The fourth-order valence-corrected chi connectivity index (χ4v) is 3.48. The molecule has 7 nitrogen and oxygen atoms in total. The summed E-state index contributed by atoms with van der Waals surface area (Å²) in [7, 11) is 1.00. The van der Waals surface area contributed by atoms with Gasteiger partial charge < -0.3 is 10.4 Å². The van der Waals surface area contributed by atoms with Gasteiger partial charge in [-0.2, -0.15) is 8.78 Å². The first kappa shape index (κ1) is 36.2. The highest BCUT2D eigenvalue weighted by Gasteiger charge is 2.20. The number of imide groups is 1. The van der Waals surface area contributed by atoms with Crippen molar-refractivity contribution in [3.05, 3.63) is 35.9 Å². The molecule has 2 fully saturated rings. The van der Waals surface area contributed by atoms with Crippen molar-refractivity contribution in [1.29, 1.82) is 0 Å². The number of nitrogens with two attached hydrogens (primary N) is 1. The fraction of sp³-hybridized carbons (Fsp3) is 0.704. The summed E-state index contributed by atoms with van der Waals surface area (Å²) in [5, 5.41) is 12.6. The maximum atomic E-state index is 10.8. The number of amides is 2. The minimum absolute atomic E-state index is 0.138. The molecule has 2 aliphatic rings. The number of nitrogens with one attached hydrogen (secondary N) is 2. The van der Waals surface area contributed by atoms with Gasteiger partial charge in [0, 0.05) is 59.1 Å². The number of hydrogen-bond donors (Lipinski definition) is 4. The third kappa shape index (κ3) is 23.8. The fourth-order valence-electron chi connectivity index (χ4n) is 3.48. The van der Waals surface area contributed by atoms with Crippen molar-refractivity contribution in [3.63, 3.8) is 0 Å². The molecule has 5 N–H and O–H groups in total. The predicted octanol–water partition coefficient (Wildman–Crippen LogP) is 4.08. The second-order valence-corrected chi connectivity index (χ2v) is 9.03. The predicted molar refractivity (Wildman–Crippen MR) is 144 cm³/mol. The Hall–Kier alpha value is -1.94. The van der Waals surface area contributed by atoms with Gasteiger partial charge in [0.05, 0.1) is 0 Å². The van der Waals surface area contributed by atoms with Crippen LogP contribution in [0.1, 0.15) is 71.8 Å². The van der Waals surface area contributed by atoms with Gasteiger partial charge in [0.25, 0.3) is 6.05 Å². The monoisotopic (exact) mass is 516 g/mol. The quantitative estimate of drug-likeness (QED) is 0.347. The number of alkyl halides is 2. The Balaban J connectivity index is 0. The summed E-state index contributed by atoms with van der Waals surface area (Å²) in [6.45, 7) is 14.6. The van der Waals surface area contributed by atoms with Crippen molar-refractivity contribution >= 4 is 11.8 Å². The van der Waals surface area contributed by atoms with Gasteiger partial charge in [0.1, 0.15) is 0 Å². The SMILES string of the molecule is CC(N)(F)F.CCC(C)CC(CC)N1CCNCC1.CO.Cc1ccccc1.O=C1CCCC(=O)N1. The molecular weight excluding hydrogens is 466 g/mol. The van der Waals surface area contributed by atoms with Crippen molar-refractivity contribution < 1.29 is 23.5 Å². The number of aliphatic hydroxyl groups is 1. The number of halogens is 2. The molecule has 2 aliphatic heterocycles. The van der Waals surface area contributed by atoms with E-state index in [1.807, 2.05) is 18.2 Å². The zero-order valence-corrected chi connectivity index (χ0v) is 23.2. The van der Waals surface area contributed by atoms with Crippen LogP contribution in [0.3, 0.4) is 0 Å². The molecule has 0 aromatic heterocycles. The van der Waals surface area contributed by atoms with Crippen LogP contribution in [0.2, 0.25) is 0 Å². The van der Waals surface area contributed by atoms with Gasteiger partial charge in [-0.1, -0.05) is 63.1 Å². The van der Waals surface area contributed by atoms with Gasteiger partial charge in [-0.15, -0.1) is 0 Å². The van der Waals surface area contributed by atoms with Crippen molar-refractivity contribution in [2.24, 2.45) is 11.7 Å². The number of benzene rings is 1. The smallest absolute Gasteiger partial charge is 0.297 e. The number of carbonyl (C=O) groups is 2. The van der Waals surface area contributed by atoms with Crippen molar-refractivity contribution in [3.8, 4) is 0 Å². The molecule has 2 unspecified atom stereocenters. The summed E-state index contributed by atoms with van der Waals surface area (Å²) in [6.07, 6.45) is 5.74. The Bertz CT molecular complexity index is 647. The van der Waals surface area contributed by atoms with Crippen molar-refractivity contribution in [2.45, 2.75) is 85.2 Å². The van der Waals surface area contributed by atoms with Crippen LogP contribution in [0.25, 0.3) is 0 Å². The lowest BCUT2D eigenvalue weighted by molar-refractivity contribution is -0.132.